The van der Waals surface area contributed by atoms with Gasteiger partial charge in [0.1, 0.15) is 73.2 Å². The van der Waals surface area contributed by atoms with Crippen LogP contribution in [0.5, 0.6) is 0 Å². The van der Waals surface area contributed by atoms with E-state index in [2.05, 4.69) is 55.6 Å². The number of nitrogens with one attached hydrogen (secondary N) is 1. The summed E-state index contributed by atoms with van der Waals surface area (Å²) in [6.45, 7) is 1.52. The molecule has 3 aliphatic heterocycles. The third-order valence-corrected chi connectivity index (χ3v) is 14.5. The first-order valence-corrected chi connectivity index (χ1v) is 29.7. The minimum atomic E-state index is -1.99. The highest BCUT2D eigenvalue weighted by Gasteiger charge is 2.53. The van der Waals surface area contributed by atoms with Gasteiger partial charge < -0.3 is 89.9 Å². The van der Waals surface area contributed by atoms with Crippen LogP contribution in [0.2, 0.25) is 0 Å². The quantitative estimate of drug-likeness (QED) is 0.0282. The van der Waals surface area contributed by atoms with E-state index in [0.717, 1.165) is 51.4 Å². The molecule has 0 aromatic carbocycles. The first kappa shape index (κ1) is 70.5. The van der Waals surface area contributed by atoms with Gasteiger partial charge in [0.25, 0.3) is 0 Å². The summed E-state index contributed by atoms with van der Waals surface area (Å²) in [6, 6.07) is -1.03. The van der Waals surface area contributed by atoms with Crippen molar-refractivity contribution in [3.05, 3.63) is 72.9 Å². The normalized spacial score (nSPS) is 30.8. The van der Waals surface area contributed by atoms with Gasteiger partial charge in [-0.05, 0) is 44.9 Å². The van der Waals surface area contributed by atoms with Crippen molar-refractivity contribution in [3.63, 3.8) is 0 Å². The molecular weight excluding hydrogens is 1020 g/mol. The molecule has 19 heteroatoms. The van der Waals surface area contributed by atoms with Crippen LogP contribution in [0.1, 0.15) is 168 Å². The van der Waals surface area contributed by atoms with E-state index in [4.69, 9.17) is 28.4 Å². The molecule has 456 valence electrons. The molecule has 0 saturated carbocycles. The molecule has 1 amide bonds. The minimum Gasteiger partial charge on any atom is -0.394 e. The van der Waals surface area contributed by atoms with Crippen LogP contribution < -0.4 is 5.32 Å². The Morgan fingerprint density at radius 1 is 0.468 bits per heavy atom. The van der Waals surface area contributed by atoms with Crippen LogP contribution in [0.25, 0.3) is 0 Å². The number of aliphatic hydroxyl groups is 11. The van der Waals surface area contributed by atoms with Crippen LogP contribution in [0.3, 0.4) is 0 Å². The Hall–Kier alpha value is -2.77. The van der Waals surface area contributed by atoms with E-state index in [1.807, 2.05) is 24.3 Å². The van der Waals surface area contributed by atoms with Crippen molar-refractivity contribution < 1.29 is 89.4 Å². The topological polar surface area (TPSA) is 307 Å². The van der Waals surface area contributed by atoms with Crippen LogP contribution in [-0.4, -0.2) is 193 Å². The zero-order valence-corrected chi connectivity index (χ0v) is 47.3. The Labute approximate surface area is 470 Å². The fourth-order valence-corrected chi connectivity index (χ4v) is 9.67. The Bertz CT molecular complexity index is 1730. The van der Waals surface area contributed by atoms with Gasteiger partial charge in [0.2, 0.25) is 5.91 Å². The highest BCUT2D eigenvalue weighted by atomic mass is 16.8. The van der Waals surface area contributed by atoms with E-state index in [9.17, 15) is 61.0 Å². The summed E-state index contributed by atoms with van der Waals surface area (Å²) in [6.07, 6.45) is 23.4. The third-order valence-electron chi connectivity index (χ3n) is 14.5. The van der Waals surface area contributed by atoms with Gasteiger partial charge in [-0.3, -0.25) is 4.79 Å². The standard InChI is InChI=1S/C60H103NO18/c1-3-5-7-9-11-13-15-17-19-20-21-22-24-25-27-29-31-33-35-37-44(65)43(61-48(66)38-36-34-32-30-28-26-23-18-16-14-12-10-8-6-4-2)42-74-58-54(72)51(69)56(46(40-63)76-58)79-60-55(73)52(70)57(47(41-64)77-60)78-59-53(71)50(68)49(67)45(39-62)75-59/h6,8,12,14,18,23,28,30,34-37,43-47,49-60,62-65,67-73H,3-5,7,9-11,13,15-17,19-22,24-27,29,31-33,38-42H2,1-2H3,(H,61,66)/b8-6-,14-12-,23-18-,30-28-,36-34-,37-35+. The first-order chi connectivity index (χ1) is 38.3. The van der Waals surface area contributed by atoms with Crippen LogP contribution in [-0.2, 0) is 33.2 Å². The lowest BCUT2D eigenvalue weighted by Crippen LogP contribution is -2.66. The predicted octanol–water partition coefficient (Wildman–Crippen LogP) is 5.04. The summed E-state index contributed by atoms with van der Waals surface area (Å²) in [4.78, 5) is 13.2. The van der Waals surface area contributed by atoms with Gasteiger partial charge in [-0.15, -0.1) is 0 Å². The van der Waals surface area contributed by atoms with E-state index in [0.29, 0.717) is 6.42 Å². The second-order valence-corrected chi connectivity index (χ2v) is 21.1. The number of hydrogen-bond acceptors (Lipinski definition) is 18. The van der Waals surface area contributed by atoms with Crippen LogP contribution in [0.4, 0.5) is 0 Å². The molecule has 3 heterocycles. The number of ether oxygens (including phenoxy) is 6. The highest BCUT2D eigenvalue weighted by molar-refractivity contribution is 5.77. The summed E-state index contributed by atoms with van der Waals surface area (Å²) in [5.74, 6) is -0.405. The maximum Gasteiger partial charge on any atom is 0.224 e. The largest absolute Gasteiger partial charge is 0.394 e. The van der Waals surface area contributed by atoms with Gasteiger partial charge >= 0.3 is 0 Å². The van der Waals surface area contributed by atoms with E-state index < -0.39 is 137 Å². The molecular formula is C60H103NO18. The van der Waals surface area contributed by atoms with E-state index in [1.165, 1.54) is 89.9 Å². The van der Waals surface area contributed by atoms with E-state index in [-0.39, 0.29) is 6.42 Å². The molecule has 0 aliphatic carbocycles. The van der Waals surface area contributed by atoms with E-state index >= 15 is 0 Å². The number of carbonyl (C=O) groups is 1. The van der Waals surface area contributed by atoms with Gasteiger partial charge in [-0.1, -0.05) is 189 Å². The van der Waals surface area contributed by atoms with E-state index in [1.54, 1.807) is 12.2 Å². The van der Waals surface area contributed by atoms with Crippen molar-refractivity contribution in [1.29, 1.82) is 0 Å². The summed E-state index contributed by atoms with van der Waals surface area (Å²) in [5, 5.41) is 120. The number of unbranched alkanes of at least 4 members (excludes halogenated alkanes) is 17. The zero-order chi connectivity index (χ0) is 57.6. The number of rotatable bonds is 42. The second kappa shape index (κ2) is 43.0. The van der Waals surface area contributed by atoms with Gasteiger partial charge in [0, 0.05) is 6.42 Å². The summed E-state index contributed by atoms with van der Waals surface area (Å²) in [7, 11) is 0. The maximum atomic E-state index is 13.2. The lowest BCUT2D eigenvalue weighted by molar-refractivity contribution is -0.379. The SMILES string of the molecule is CC/C=C\C/C=C\C/C=C\C/C=C\C/C=C\CC(=O)NC(COC1OC(CO)C(OC2OC(CO)C(OC3OC(CO)C(O)C(O)C3O)C(O)C2O)C(O)C1O)C(O)/C=C/CCCCCCCCCCCCCCCCCCC. The molecule has 12 N–H and O–H groups in total. The summed E-state index contributed by atoms with van der Waals surface area (Å²) in [5.41, 5.74) is 0. The van der Waals surface area contributed by atoms with Gasteiger partial charge in [-0.2, -0.15) is 0 Å². The molecule has 3 rings (SSSR count). The molecule has 3 fully saturated rings. The molecule has 19 nitrogen and oxygen atoms in total. The molecule has 0 bridgehead atoms. The Balaban J connectivity index is 1.54. The van der Waals surface area contributed by atoms with Crippen molar-refractivity contribution in [3.8, 4) is 0 Å². The number of amides is 1. The number of hydrogen-bond donors (Lipinski definition) is 12. The molecule has 0 spiro atoms. The van der Waals surface area contributed by atoms with Crippen LogP contribution in [0, 0.1) is 0 Å². The highest BCUT2D eigenvalue weighted by Crippen LogP contribution is 2.33. The lowest BCUT2D eigenvalue weighted by Gasteiger charge is -2.48. The second-order valence-electron chi connectivity index (χ2n) is 21.1. The van der Waals surface area contributed by atoms with Crippen molar-refractivity contribution in [2.45, 2.75) is 272 Å². The fourth-order valence-electron chi connectivity index (χ4n) is 9.67. The molecule has 17 unspecified atom stereocenters. The first-order valence-electron chi connectivity index (χ1n) is 29.7. The summed E-state index contributed by atoms with van der Waals surface area (Å²) < 4.78 is 34.2. The minimum absolute atomic E-state index is 0.00807. The van der Waals surface area contributed by atoms with Gasteiger partial charge in [0.05, 0.1) is 38.6 Å². The number of carbonyl (C=O) groups excluding carboxylic acids is 1. The van der Waals surface area contributed by atoms with Crippen molar-refractivity contribution in [1.82, 2.24) is 5.32 Å². The maximum absolute atomic E-state index is 13.2. The predicted molar refractivity (Wildman–Crippen MR) is 300 cm³/mol. The van der Waals surface area contributed by atoms with Crippen molar-refractivity contribution in [2.24, 2.45) is 0 Å². The zero-order valence-electron chi connectivity index (χ0n) is 47.3. The Morgan fingerprint density at radius 3 is 1.32 bits per heavy atom. The Morgan fingerprint density at radius 2 is 0.861 bits per heavy atom. The Kier molecular flexibility index (Phi) is 38.3. The van der Waals surface area contributed by atoms with Crippen molar-refractivity contribution in [2.75, 3.05) is 26.4 Å². The van der Waals surface area contributed by atoms with Crippen molar-refractivity contribution >= 4 is 5.91 Å². The third kappa shape index (κ3) is 27.0. The molecule has 17 atom stereocenters. The molecule has 79 heavy (non-hydrogen) atoms. The fraction of sp³-hybridized carbons (Fsp3) is 0.783. The molecule has 3 aliphatic rings. The lowest BCUT2D eigenvalue weighted by atomic mass is 9.96. The molecule has 0 radical (unpaired) electrons. The summed E-state index contributed by atoms with van der Waals surface area (Å²) >= 11 is 0. The van der Waals surface area contributed by atoms with Gasteiger partial charge in [0.15, 0.2) is 18.9 Å². The number of aliphatic hydroxyl groups excluding tert-OH is 11. The average Bonchev–Trinajstić information content (AvgIpc) is 3.47. The van der Waals surface area contributed by atoms with Crippen LogP contribution >= 0.6 is 0 Å². The smallest absolute Gasteiger partial charge is 0.224 e. The monoisotopic (exact) mass is 1130 g/mol. The van der Waals surface area contributed by atoms with Crippen LogP contribution in [0.15, 0.2) is 72.9 Å². The number of allylic oxidation sites excluding steroid dienone is 10. The molecule has 0 aromatic rings. The average molecular weight is 1130 g/mol. The molecule has 0 aromatic heterocycles. The van der Waals surface area contributed by atoms with Gasteiger partial charge in [-0.25, -0.2) is 0 Å². The molecule has 3 saturated heterocycles.